The SMILES string of the molecule is Cc1ccc(C(Cl)C2CC3CC3C2)cc1. The third-order valence-corrected chi connectivity index (χ3v) is 4.70. The molecule has 3 unspecified atom stereocenters. The van der Waals surface area contributed by atoms with Crippen molar-refractivity contribution in [2.75, 3.05) is 0 Å². The highest BCUT2D eigenvalue weighted by Gasteiger charge is 2.47. The van der Waals surface area contributed by atoms with Crippen LogP contribution in [0.5, 0.6) is 0 Å². The van der Waals surface area contributed by atoms with Gasteiger partial charge in [-0.2, -0.15) is 0 Å². The lowest BCUT2D eigenvalue weighted by Gasteiger charge is -2.19. The number of aryl methyl sites for hydroxylation is 1. The Hall–Kier alpha value is -0.490. The minimum absolute atomic E-state index is 0.249. The molecule has 3 atom stereocenters. The number of halogens is 1. The van der Waals surface area contributed by atoms with E-state index >= 15 is 0 Å². The van der Waals surface area contributed by atoms with Crippen LogP contribution in [-0.4, -0.2) is 0 Å². The molecule has 2 saturated carbocycles. The summed E-state index contributed by atoms with van der Waals surface area (Å²) in [4.78, 5) is 0. The van der Waals surface area contributed by atoms with E-state index in [1.54, 1.807) is 0 Å². The van der Waals surface area contributed by atoms with Crippen LogP contribution in [0.3, 0.4) is 0 Å². The van der Waals surface area contributed by atoms with E-state index in [0.29, 0.717) is 0 Å². The molecule has 0 nitrogen and oxygen atoms in total. The van der Waals surface area contributed by atoms with Gasteiger partial charge >= 0.3 is 0 Å². The summed E-state index contributed by atoms with van der Waals surface area (Å²) < 4.78 is 0. The molecule has 0 heterocycles. The fourth-order valence-electron chi connectivity index (χ4n) is 3.02. The predicted molar refractivity (Wildman–Crippen MR) is 64.1 cm³/mol. The summed E-state index contributed by atoms with van der Waals surface area (Å²) >= 11 is 6.55. The Bertz CT molecular complexity index is 344. The Morgan fingerprint density at radius 2 is 1.67 bits per heavy atom. The van der Waals surface area contributed by atoms with Crippen LogP contribution in [0.2, 0.25) is 0 Å². The smallest absolute Gasteiger partial charge is 0.0613 e. The van der Waals surface area contributed by atoms with E-state index in [0.717, 1.165) is 17.8 Å². The average molecular weight is 221 g/mol. The number of benzene rings is 1. The van der Waals surface area contributed by atoms with Gasteiger partial charge < -0.3 is 0 Å². The summed E-state index contributed by atoms with van der Waals surface area (Å²) in [7, 11) is 0. The lowest BCUT2D eigenvalue weighted by Crippen LogP contribution is -2.05. The van der Waals surface area contributed by atoms with E-state index in [9.17, 15) is 0 Å². The Morgan fingerprint density at radius 3 is 2.27 bits per heavy atom. The van der Waals surface area contributed by atoms with Gasteiger partial charge in [0.25, 0.3) is 0 Å². The van der Waals surface area contributed by atoms with Crippen LogP contribution in [0.15, 0.2) is 24.3 Å². The van der Waals surface area contributed by atoms with Crippen molar-refractivity contribution in [2.45, 2.75) is 31.6 Å². The first-order valence-electron chi connectivity index (χ1n) is 5.94. The van der Waals surface area contributed by atoms with E-state index < -0.39 is 0 Å². The maximum atomic E-state index is 6.55. The molecule has 2 aliphatic carbocycles. The highest BCUT2D eigenvalue weighted by atomic mass is 35.5. The predicted octanol–water partition coefficient (Wildman–Crippen LogP) is 4.32. The first-order chi connectivity index (χ1) is 7.24. The molecule has 2 fully saturated rings. The van der Waals surface area contributed by atoms with Crippen LogP contribution in [0.1, 0.15) is 35.8 Å². The van der Waals surface area contributed by atoms with E-state index in [2.05, 4.69) is 31.2 Å². The molecule has 0 aromatic heterocycles. The Balaban J connectivity index is 1.73. The normalized spacial score (nSPS) is 34.9. The van der Waals surface area contributed by atoms with Gasteiger partial charge in [0.05, 0.1) is 5.38 Å². The van der Waals surface area contributed by atoms with E-state index in [1.165, 1.54) is 30.4 Å². The molecule has 80 valence electrons. The standard InChI is InChI=1S/C14H17Cl/c1-9-2-4-10(5-3-9)14(15)13-7-11-6-12(11)8-13/h2-5,11-14H,6-8H2,1H3. The number of alkyl halides is 1. The van der Waals surface area contributed by atoms with Crippen molar-refractivity contribution in [3.05, 3.63) is 35.4 Å². The molecule has 15 heavy (non-hydrogen) atoms. The second-order valence-electron chi connectivity index (χ2n) is 5.30. The molecule has 1 heteroatoms. The number of fused-ring (bicyclic) bond motifs is 1. The zero-order valence-electron chi connectivity index (χ0n) is 9.12. The van der Waals surface area contributed by atoms with Crippen molar-refractivity contribution in [1.29, 1.82) is 0 Å². The van der Waals surface area contributed by atoms with Gasteiger partial charge in [0.15, 0.2) is 0 Å². The average Bonchev–Trinajstić information content (AvgIpc) is 2.86. The van der Waals surface area contributed by atoms with Gasteiger partial charge in [0.1, 0.15) is 0 Å². The van der Waals surface area contributed by atoms with Crippen LogP contribution in [-0.2, 0) is 0 Å². The first-order valence-corrected chi connectivity index (χ1v) is 6.38. The molecule has 0 saturated heterocycles. The van der Waals surface area contributed by atoms with Gasteiger partial charge in [0, 0.05) is 0 Å². The highest BCUT2D eigenvalue weighted by Crippen LogP contribution is 2.58. The minimum atomic E-state index is 0.249. The quantitative estimate of drug-likeness (QED) is 0.652. The highest BCUT2D eigenvalue weighted by molar-refractivity contribution is 6.21. The Kier molecular flexibility index (Phi) is 2.28. The summed E-state index contributed by atoms with van der Waals surface area (Å²) in [6, 6.07) is 8.72. The van der Waals surface area contributed by atoms with Crippen LogP contribution >= 0.6 is 11.6 Å². The summed E-state index contributed by atoms with van der Waals surface area (Å²) in [6.45, 7) is 2.12. The van der Waals surface area contributed by atoms with Gasteiger partial charge in [-0.25, -0.2) is 0 Å². The molecule has 0 amide bonds. The van der Waals surface area contributed by atoms with Crippen LogP contribution < -0.4 is 0 Å². The summed E-state index contributed by atoms with van der Waals surface area (Å²) in [5.74, 6) is 2.79. The van der Waals surface area contributed by atoms with E-state index in [4.69, 9.17) is 11.6 Å². The molecule has 0 N–H and O–H groups in total. The monoisotopic (exact) mass is 220 g/mol. The molecular weight excluding hydrogens is 204 g/mol. The fraction of sp³-hybridized carbons (Fsp3) is 0.571. The summed E-state index contributed by atoms with van der Waals surface area (Å²) in [6.07, 6.45) is 4.22. The molecule has 1 aromatic rings. The molecule has 2 aliphatic rings. The third kappa shape index (κ3) is 1.80. The Labute approximate surface area is 96.6 Å². The molecule has 0 aliphatic heterocycles. The maximum Gasteiger partial charge on any atom is 0.0613 e. The van der Waals surface area contributed by atoms with E-state index in [-0.39, 0.29) is 5.38 Å². The van der Waals surface area contributed by atoms with Crippen molar-refractivity contribution >= 4 is 11.6 Å². The van der Waals surface area contributed by atoms with Crippen molar-refractivity contribution in [1.82, 2.24) is 0 Å². The van der Waals surface area contributed by atoms with Crippen LogP contribution in [0.4, 0.5) is 0 Å². The number of rotatable bonds is 2. The fourth-order valence-corrected chi connectivity index (χ4v) is 3.37. The van der Waals surface area contributed by atoms with Crippen LogP contribution in [0.25, 0.3) is 0 Å². The lowest BCUT2D eigenvalue weighted by molar-refractivity contribution is 0.471. The topological polar surface area (TPSA) is 0 Å². The molecular formula is C14H17Cl. The maximum absolute atomic E-state index is 6.55. The third-order valence-electron chi connectivity index (χ3n) is 4.09. The second kappa shape index (κ2) is 3.52. The molecule has 0 radical (unpaired) electrons. The largest absolute Gasteiger partial charge is 0.118 e. The lowest BCUT2D eigenvalue weighted by atomic mass is 9.94. The minimum Gasteiger partial charge on any atom is -0.118 e. The van der Waals surface area contributed by atoms with E-state index in [1.807, 2.05) is 0 Å². The van der Waals surface area contributed by atoms with Crippen molar-refractivity contribution in [3.8, 4) is 0 Å². The molecule has 3 rings (SSSR count). The van der Waals surface area contributed by atoms with Crippen molar-refractivity contribution in [3.63, 3.8) is 0 Å². The second-order valence-corrected chi connectivity index (χ2v) is 5.77. The van der Waals surface area contributed by atoms with Gasteiger partial charge in [-0.3, -0.25) is 0 Å². The van der Waals surface area contributed by atoms with Gasteiger partial charge in [-0.15, -0.1) is 11.6 Å². The molecule has 1 aromatic carbocycles. The zero-order valence-corrected chi connectivity index (χ0v) is 9.87. The Morgan fingerprint density at radius 1 is 1.07 bits per heavy atom. The summed E-state index contributed by atoms with van der Waals surface area (Å²) in [5.41, 5.74) is 2.63. The summed E-state index contributed by atoms with van der Waals surface area (Å²) in [5, 5.41) is 0.249. The zero-order chi connectivity index (χ0) is 10.4. The molecule has 0 bridgehead atoms. The number of hydrogen-bond acceptors (Lipinski definition) is 0. The van der Waals surface area contributed by atoms with Gasteiger partial charge in [-0.1, -0.05) is 29.8 Å². The van der Waals surface area contributed by atoms with Gasteiger partial charge in [-0.05, 0) is 49.5 Å². The van der Waals surface area contributed by atoms with Crippen molar-refractivity contribution < 1.29 is 0 Å². The van der Waals surface area contributed by atoms with Gasteiger partial charge in [0.2, 0.25) is 0 Å². The van der Waals surface area contributed by atoms with Crippen molar-refractivity contribution in [2.24, 2.45) is 17.8 Å². The first kappa shape index (κ1) is 9.72. The molecule has 0 spiro atoms. The number of hydrogen-bond donors (Lipinski definition) is 0. The van der Waals surface area contributed by atoms with Crippen LogP contribution in [0, 0.1) is 24.7 Å².